The van der Waals surface area contributed by atoms with Gasteiger partial charge in [0.1, 0.15) is 5.69 Å². The van der Waals surface area contributed by atoms with Gasteiger partial charge in [-0.1, -0.05) is 11.6 Å². The molecule has 0 aliphatic carbocycles. The van der Waals surface area contributed by atoms with Crippen LogP contribution in [0.1, 0.15) is 10.5 Å². The summed E-state index contributed by atoms with van der Waals surface area (Å²) >= 11 is 5.78. The molecule has 2 rings (SSSR count). The van der Waals surface area contributed by atoms with E-state index in [2.05, 4.69) is 10.3 Å². The Morgan fingerprint density at radius 1 is 1.53 bits per heavy atom. The molecule has 1 aromatic heterocycles. The number of nitrogens with two attached hydrogens (primary N) is 1. The summed E-state index contributed by atoms with van der Waals surface area (Å²) in [6.45, 7) is 0. The number of benzene rings is 1. The number of hydrogen-bond acceptors (Lipinski definition) is 3. The summed E-state index contributed by atoms with van der Waals surface area (Å²) in [6, 6.07) is 4.91. The maximum absolute atomic E-state index is 11.8. The Morgan fingerprint density at radius 2 is 2.29 bits per heavy atom. The standard InChI is InChI=1S/C11H11ClN4O/c1-16-5-10(14-6-16)11(17)15-7-2-3-8(12)9(13)4-7/h2-6H,13H2,1H3,(H,15,17). The highest BCUT2D eigenvalue weighted by Gasteiger charge is 2.09. The van der Waals surface area contributed by atoms with Crippen molar-refractivity contribution in [1.82, 2.24) is 9.55 Å². The summed E-state index contributed by atoms with van der Waals surface area (Å²) < 4.78 is 1.70. The van der Waals surface area contributed by atoms with Crippen molar-refractivity contribution in [3.05, 3.63) is 41.4 Å². The number of hydrogen-bond donors (Lipinski definition) is 2. The minimum Gasteiger partial charge on any atom is -0.397 e. The van der Waals surface area contributed by atoms with Crippen LogP contribution in [0, 0.1) is 0 Å². The lowest BCUT2D eigenvalue weighted by Crippen LogP contribution is -2.12. The Bertz CT molecular complexity index is 564. The first-order chi connectivity index (χ1) is 8.06. The van der Waals surface area contributed by atoms with Crippen molar-refractivity contribution >= 4 is 28.9 Å². The third-order valence-electron chi connectivity index (χ3n) is 2.19. The zero-order valence-electron chi connectivity index (χ0n) is 9.14. The van der Waals surface area contributed by atoms with E-state index < -0.39 is 0 Å². The molecule has 0 bridgehead atoms. The summed E-state index contributed by atoms with van der Waals surface area (Å²) in [4.78, 5) is 15.7. The molecule has 0 fully saturated rings. The Morgan fingerprint density at radius 3 is 2.88 bits per heavy atom. The maximum atomic E-state index is 11.8. The number of imidazole rings is 1. The molecule has 0 saturated carbocycles. The third kappa shape index (κ3) is 2.57. The van der Waals surface area contributed by atoms with Crippen molar-refractivity contribution in [2.24, 2.45) is 7.05 Å². The van der Waals surface area contributed by atoms with Gasteiger partial charge in [0.25, 0.3) is 5.91 Å². The van der Waals surface area contributed by atoms with Crippen LogP contribution >= 0.6 is 11.6 Å². The summed E-state index contributed by atoms with van der Waals surface area (Å²) in [6.07, 6.45) is 3.19. The van der Waals surface area contributed by atoms with Gasteiger partial charge in [-0.15, -0.1) is 0 Å². The van der Waals surface area contributed by atoms with Crippen molar-refractivity contribution in [2.45, 2.75) is 0 Å². The molecule has 0 saturated heterocycles. The fraction of sp³-hybridized carbons (Fsp3) is 0.0909. The molecular formula is C11H11ClN4O. The maximum Gasteiger partial charge on any atom is 0.275 e. The molecule has 88 valence electrons. The average Bonchev–Trinajstić information content (AvgIpc) is 2.70. The number of anilines is 2. The van der Waals surface area contributed by atoms with Crippen molar-refractivity contribution in [2.75, 3.05) is 11.1 Å². The first kappa shape index (κ1) is 11.5. The van der Waals surface area contributed by atoms with Crippen molar-refractivity contribution in [3.8, 4) is 0 Å². The van der Waals surface area contributed by atoms with Crippen LogP contribution in [0.3, 0.4) is 0 Å². The number of rotatable bonds is 2. The normalized spacial score (nSPS) is 10.2. The number of carbonyl (C=O) groups is 1. The van der Waals surface area contributed by atoms with E-state index in [1.54, 1.807) is 42.3 Å². The second kappa shape index (κ2) is 4.47. The smallest absolute Gasteiger partial charge is 0.275 e. The lowest BCUT2D eigenvalue weighted by atomic mass is 10.2. The highest BCUT2D eigenvalue weighted by Crippen LogP contribution is 2.22. The zero-order chi connectivity index (χ0) is 12.4. The molecule has 17 heavy (non-hydrogen) atoms. The molecule has 3 N–H and O–H groups in total. The molecule has 0 unspecified atom stereocenters. The van der Waals surface area contributed by atoms with E-state index in [-0.39, 0.29) is 5.91 Å². The van der Waals surface area contributed by atoms with Crippen LogP contribution in [0.5, 0.6) is 0 Å². The minimum atomic E-state index is -0.285. The number of halogens is 1. The van der Waals surface area contributed by atoms with Gasteiger partial charge < -0.3 is 15.6 Å². The van der Waals surface area contributed by atoms with E-state index in [1.807, 2.05) is 0 Å². The summed E-state index contributed by atoms with van der Waals surface area (Å²) in [5.41, 5.74) is 6.99. The third-order valence-corrected chi connectivity index (χ3v) is 2.54. The molecular weight excluding hydrogens is 240 g/mol. The monoisotopic (exact) mass is 250 g/mol. The van der Waals surface area contributed by atoms with Crippen LogP contribution in [0.25, 0.3) is 0 Å². The Hall–Kier alpha value is -2.01. The van der Waals surface area contributed by atoms with Crippen LogP contribution in [0.15, 0.2) is 30.7 Å². The molecule has 5 nitrogen and oxygen atoms in total. The van der Waals surface area contributed by atoms with E-state index in [9.17, 15) is 4.79 Å². The lowest BCUT2D eigenvalue weighted by Gasteiger charge is -2.05. The first-order valence-corrected chi connectivity index (χ1v) is 5.28. The highest BCUT2D eigenvalue weighted by atomic mass is 35.5. The molecule has 1 heterocycles. The summed E-state index contributed by atoms with van der Waals surface area (Å²) in [5, 5.41) is 3.15. The van der Waals surface area contributed by atoms with Gasteiger partial charge in [-0.3, -0.25) is 4.79 Å². The number of nitrogens with zero attached hydrogens (tertiary/aromatic N) is 2. The molecule has 2 aromatic rings. The molecule has 0 aliphatic rings. The lowest BCUT2D eigenvalue weighted by molar-refractivity contribution is 0.102. The SMILES string of the molecule is Cn1cnc(C(=O)Nc2ccc(Cl)c(N)c2)c1. The van der Waals surface area contributed by atoms with Gasteiger partial charge in [0.2, 0.25) is 0 Å². The molecule has 0 spiro atoms. The van der Waals surface area contributed by atoms with Gasteiger partial charge in [0.05, 0.1) is 17.0 Å². The number of nitrogens with one attached hydrogen (secondary N) is 1. The second-order valence-electron chi connectivity index (χ2n) is 3.61. The van der Waals surface area contributed by atoms with E-state index in [1.165, 1.54) is 0 Å². The largest absolute Gasteiger partial charge is 0.397 e. The Kier molecular flexibility index (Phi) is 3.01. The van der Waals surface area contributed by atoms with Gasteiger partial charge in [-0.05, 0) is 18.2 Å². The predicted molar refractivity (Wildman–Crippen MR) is 67.0 cm³/mol. The minimum absolute atomic E-state index is 0.285. The van der Waals surface area contributed by atoms with Crippen molar-refractivity contribution in [1.29, 1.82) is 0 Å². The number of aryl methyl sites for hydroxylation is 1. The van der Waals surface area contributed by atoms with E-state index in [4.69, 9.17) is 17.3 Å². The topological polar surface area (TPSA) is 72.9 Å². The summed E-state index contributed by atoms with van der Waals surface area (Å²) in [7, 11) is 1.80. The van der Waals surface area contributed by atoms with Gasteiger partial charge in [0.15, 0.2) is 0 Å². The second-order valence-corrected chi connectivity index (χ2v) is 4.02. The fourth-order valence-electron chi connectivity index (χ4n) is 1.35. The van der Waals surface area contributed by atoms with Crippen LogP contribution in [-0.4, -0.2) is 15.5 Å². The number of nitrogen functional groups attached to an aromatic ring is 1. The van der Waals surface area contributed by atoms with Crippen LogP contribution < -0.4 is 11.1 Å². The molecule has 1 amide bonds. The van der Waals surface area contributed by atoms with Gasteiger partial charge >= 0.3 is 0 Å². The first-order valence-electron chi connectivity index (χ1n) is 4.90. The van der Waals surface area contributed by atoms with Crippen molar-refractivity contribution < 1.29 is 4.79 Å². The number of aromatic nitrogens is 2. The van der Waals surface area contributed by atoms with E-state index in [0.29, 0.717) is 22.1 Å². The quantitative estimate of drug-likeness (QED) is 0.800. The molecule has 0 atom stereocenters. The van der Waals surface area contributed by atoms with Crippen LogP contribution in [0.4, 0.5) is 11.4 Å². The number of amides is 1. The van der Waals surface area contributed by atoms with E-state index >= 15 is 0 Å². The fourth-order valence-corrected chi connectivity index (χ4v) is 1.46. The molecule has 6 heteroatoms. The Labute approximate surface area is 103 Å². The van der Waals surface area contributed by atoms with Gasteiger partial charge in [-0.25, -0.2) is 4.98 Å². The molecule has 0 radical (unpaired) electrons. The van der Waals surface area contributed by atoms with Crippen LogP contribution in [0.2, 0.25) is 5.02 Å². The van der Waals surface area contributed by atoms with E-state index in [0.717, 1.165) is 0 Å². The Balaban J connectivity index is 2.15. The van der Waals surface area contributed by atoms with Crippen LogP contribution in [-0.2, 0) is 7.05 Å². The highest BCUT2D eigenvalue weighted by molar-refractivity contribution is 6.33. The van der Waals surface area contributed by atoms with Gasteiger partial charge in [0, 0.05) is 18.9 Å². The number of carbonyl (C=O) groups excluding carboxylic acids is 1. The average molecular weight is 251 g/mol. The van der Waals surface area contributed by atoms with Gasteiger partial charge in [-0.2, -0.15) is 0 Å². The van der Waals surface area contributed by atoms with Crippen molar-refractivity contribution in [3.63, 3.8) is 0 Å². The predicted octanol–water partition coefficient (Wildman–Crippen LogP) is 1.91. The zero-order valence-corrected chi connectivity index (χ0v) is 9.90. The molecule has 1 aromatic carbocycles. The molecule has 0 aliphatic heterocycles. The summed E-state index contributed by atoms with van der Waals surface area (Å²) in [5.74, 6) is -0.285.